The topological polar surface area (TPSA) is 39.1 Å². The molecule has 21 heavy (non-hydrogen) atoms. The van der Waals surface area contributed by atoms with Crippen LogP contribution in [0.1, 0.15) is 18.7 Å². The largest absolute Gasteiger partial charge is 0.493 e. The van der Waals surface area contributed by atoms with Crippen LogP contribution in [0.15, 0.2) is 35.4 Å². The van der Waals surface area contributed by atoms with Crippen molar-refractivity contribution in [2.24, 2.45) is 0 Å². The van der Waals surface area contributed by atoms with E-state index >= 15 is 0 Å². The molecule has 0 saturated heterocycles. The van der Waals surface area contributed by atoms with Crippen molar-refractivity contribution in [3.05, 3.63) is 42.0 Å². The Morgan fingerprint density at radius 2 is 2.10 bits per heavy atom. The zero-order chi connectivity index (χ0) is 15.2. The van der Waals surface area contributed by atoms with Gasteiger partial charge in [0.05, 0.1) is 25.0 Å². The maximum Gasteiger partial charge on any atom is 0.161 e. The first kappa shape index (κ1) is 15.9. The summed E-state index contributed by atoms with van der Waals surface area (Å²) in [7, 11) is 3.57. The Morgan fingerprint density at radius 3 is 2.67 bits per heavy atom. The Kier molecular flexibility index (Phi) is 5.64. The predicted octanol–water partition coefficient (Wildman–Crippen LogP) is 3.10. The van der Waals surface area contributed by atoms with E-state index in [1.54, 1.807) is 37.2 Å². The minimum Gasteiger partial charge on any atom is -0.493 e. The Hall–Kier alpha value is -1.53. The maximum atomic E-state index is 12.9. The van der Waals surface area contributed by atoms with Gasteiger partial charge in [0.15, 0.2) is 5.75 Å². The van der Waals surface area contributed by atoms with Crippen molar-refractivity contribution >= 4 is 11.8 Å². The van der Waals surface area contributed by atoms with Crippen LogP contribution >= 0.6 is 11.8 Å². The van der Waals surface area contributed by atoms with Crippen molar-refractivity contribution in [1.82, 2.24) is 15.1 Å². The molecule has 114 valence electrons. The van der Waals surface area contributed by atoms with Crippen LogP contribution in [0, 0.1) is 5.82 Å². The van der Waals surface area contributed by atoms with Crippen LogP contribution in [-0.2, 0) is 6.54 Å². The molecule has 1 aromatic heterocycles. The Morgan fingerprint density at radius 1 is 1.38 bits per heavy atom. The zero-order valence-corrected chi connectivity index (χ0v) is 13.3. The van der Waals surface area contributed by atoms with Crippen molar-refractivity contribution in [2.45, 2.75) is 24.4 Å². The number of benzene rings is 1. The van der Waals surface area contributed by atoms with Gasteiger partial charge < -0.3 is 10.1 Å². The van der Waals surface area contributed by atoms with Gasteiger partial charge in [0, 0.05) is 17.2 Å². The van der Waals surface area contributed by atoms with E-state index in [0.717, 1.165) is 28.6 Å². The Balaban J connectivity index is 2.12. The number of aryl methyl sites for hydroxylation is 1. The van der Waals surface area contributed by atoms with E-state index < -0.39 is 0 Å². The normalized spacial score (nSPS) is 12.4. The van der Waals surface area contributed by atoms with Gasteiger partial charge in [-0.15, -0.1) is 11.8 Å². The second-order valence-corrected chi connectivity index (χ2v) is 5.61. The van der Waals surface area contributed by atoms with Gasteiger partial charge >= 0.3 is 0 Å². The van der Waals surface area contributed by atoms with Gasteiger partial charge in [-0.25, -0.2) is 4.39 Å². The van der Waals surface area contributed by atoms with Crippen molar-refractivity contribution in [3.63, 3.8) is 0 Å². The third kappa shape index (κ3) is 3.77. The highest BCUT2D eigenvalue weighted by Crippen LogP contribution is 2.30. The van der Waals surface area contributed by atoms with Gasteiger partial charge in [-0.2, -0.15) is 5.10 Å². The second kappa shape index (κ2) is 7.47. The lowest BCUT2D eigenvalue weighted by Crippen LogP contribution is -2.23. The van der Waals surface area contributed by atoms with E-state index in [2.05, 4.69) is 17.3 Å². The highest BCUT2D eigenvalue weighted by Gasteiger charge is 2.20. The lowest BCUT2D eigenvalue weighted by molar-refractivity contribution is 0.399. The first-order chi connectivity index (χ1) is 10.2. The summed E-state index contributed by atoms with van der Waals surface area (Å²) in [6.07, 6.45) is 1.74. The molecular weight excluding hydrogens is 289 g/mol. The number of nitrogens with one attached hydrogen (secondary N) is 1. The zero-order valence-electron chi connectivity index (χ0n) is 12.5. The average molecular weight is 309 g/mol. The molecule has 1 aromatic carbocycles. The number of methoxy groups -OCH3 is 1. The monoisotopic (exact) mass is 309 g/mol. The number of halogens is 1. The highest BCUT2D eigenvalue weighted by molar-refractivity contribution is 7.99. The van der Waals surface area contributed by atoms with Gasteiger partial charge in [-0.3, -0.25) is 4.68 Å². The molecule has 1 heterocycles. The van der Waals surface area contributed by atoms with Crippen LogP contribution in [0.25, 0.3) is 0 Å². The standard InChI is InChI=1S/C15H20FN3OS/c1-4-19-15(14(20-3)9-18-19)13(17-2)10-21-12-7-5-11(16)6-8-12/h5-9,13,17H,4,10H2,1-3H3. The fourth-order valence-electron chi connectivity index (χ4n) is 2.15. The van der Waals surface area contributed by atoms with Crippen LogP contribution in [0.5, 0.6) is 5.75 Å². The third-order valence-electron chi connectivity index (χ3n) is 3.27. The molecule has 1 N–H and O–H groups in total. The molecule has 0 spiro atoms. The molecule has 0 aliphatic carbocycles. The van der Waals surface area contributed by atoms with Crippen molar-refractivity contribution in [3.8, 4) is 5.75 Å². The maximum absolute atomic E-state index is 12.9. The molecule has 4 nitrogen and oxygen atoms in total. The quantitative estimate of drug-likeness (QED) is 0.798. The summed E-state index contributed by atoms with van der Waals surface area (Å²) in [6.45, 7) is 2.84. The number of thioether (sulfide) groups is 1. The molecule has 2 rings (SSSR count). The minimum atomic E-state index is -0.213. The fraction of sp³-hybridized carbons (Fsp3) is 0.400. The lowest BCUT2D eigenvalue weighted by Gasteiger charge is -2.18. The SMILES string of the molecule is CCn1ncc(OC)c1C(CSc1ccc(F)cc1)NC. The van der Waals surface area contributed by atoms with Crippen molar-refractivity contribution in [1.29, 1.82) is 0 Å². The van der Waals surface area contributed by atoms with E-state index in [4.69, 9.17) is 4.74 Å². The molecular formula is C15H20FN3OS. The summed E-state index contributed by atoms with van der Waals surface area (Å²) in [4.78, 5) is 1.04. The van der Waals surface area contributed by atoms with Crippen LogP contribution in [0.3, 0.4) is 0 Å². The summed E-state index contributed by atoms with van der Waals surface area (Å²) in [5.41, 5.74) is 1.04. The molecule has 0 fully saturated rings. The van der Waals surface area contributed by atoms with E-state index in [9.17, 15) is 4.39 Å². The molecule has 6 heteroatoms. The molecule has 0 aliphatic heterocycles. The van der Waals surface area contributed by atoms with E-state index in [1.807, 2.05) is 11.7 Å². The van der Waals surface area contributed by atoms with E-state index in [-0.39, 0.29) is 11.9 Å². The molecule has 0 saturated carbocycles. The molecule has 0 radical (unpaired) electrons. The number of hydrogen-bond acceptors (Lipinski definition) is 4. The van der Waals surface area contributed by atoms with E-state index in [0.29, 0.717) is 0 Å². The molecule has 2 aromatic rings. The van der Waals surface area contributed by atoms with Gasteiger partial charge in [0.2, 0.25) is 0 Å². The van der Waals surface area contributed by atoms with Gasteiger partial charge in [-0.05, 0) is 38.2 Å². The molecule has 1 unspecified atom stereocenters. The van der Waals surface area contributed by atoms with E-state index in [1.165, 1.54) is 12.1 Å². The highest BCUT2D eigenvalue weighted by atomic mass is 32.2. The first-order valence-electron chi connectivity index (χ1n) is 6.84. The number of hydrogen-bond donors (Lipinski definition) is 1. The predicted molar refractivity (Wildman–Crippen MR) is 83.4 cm³/mol. The number of aromatic nitrogens is 2. The van der Waals surface area contributed by atoms with Gasteiger partial charge in [0.25, 0.3) is 0 Å². The van der Waals surface area contributed by atoms with Crippen LogP contribution in [0.4, 0.5) is 4.39 Å². The van der Waals surface area contributed by atoms with Crippen LogP contribution < -0.4 is 10.1 Å². The molecule has 0 amide bonds. The summed E-state index contributed by atoms with van der Waals surface area (Å²) in [6, 6.07) is 6.65. The molecule has 1 atom stereocenters. The van der Waals surface area contributed by atoms with Gasteiger partial charge in [0.1, 0.15) is 5.82 Å². The fourth-order valence-corrected chi connectivity index (χ4v) is 3.16. The number of rotatable bonds is 7. The van der Waals surface area contributed by atoms with Crippen LogP contribution in [0.2, 0.25) is 0 Å². The molecule has 0 aliphatic rings. The minimum absolute atomic E-state index is 0.109. The Bertz CT molecular complexity index is 549. The number of ether oxygens (including phenoxy) is 1. The number of nitrogens with zero attached hydrogens (tertiary/aromatic N) is 2. The third-order valence-corrected chi connectivity index (χ3v) is 4.38. The van der Waals surface area contributed by atoms with Crippen molar-refractivity contribution in [2.75, 3.05) is 19.9 Å². The lowest BCUT2D eigenvalue weighted by atomic mass is 10.2. The van der Waals surface area contributed by atoms with Crippen molar-refractivity contribution < 1.29 is 9.13 Å². The average Bonchev–Trinajstić information content (AvgIpc) is 2.93. The smallest absolute Gasteiger partial charge is 0.161 e. The first-order valence-corrected chi connectivity index (χ1v) is 7.83. The summed E-state index contributed by atoms with van der Waals surface area (Å²) in [5.74, 6) is 1.38. The summed E-state index contributed by atoms with van der Waals surface area (Å²) in [5, 5.41) is 7.63. The molecule has 0 bridgehead atoms. The summed E-state index contributed by atoms with van der Waals surface area (Å²) < 4.78 is 20.3. The second-order valence-electron chi connectivity index (χ2n) is 4.52. The van der Waals surface area contributed by atoms with Gasteiger partial charge in [-0.1, -0.05) is 0 Å². The van der Waals surface area contributed by atoms with Crippen LogP contribution in [-0.4, -0.2) is 29.7 Å². The Labute approximate surface area is 128 Å². The summed E-state index contributed by atoms with van der Waals surface area (Å²) >= 11 is 1.67.